The fourth-order valence-corrected chi connectivity index (χ4v) is 7.66. The highest BCUT2D eigenvalue weighted by molar-refractivity contribution is 5.07. The zero-order chi connectivity index (χ0) is 14.0. The normalized spacial score (nSPS) is 58.6. The highest BCUT2D eigenvalue weighted by Crippen LogP contribution is 2.66. The van der Waals surface area contributed by atoms with Crippen LogP contribution in [0.25, 0.3) is 0 Å². The van der Waals surface area contributed by atoms with E-state index >= 15 is 0 Å². The van der Waals surface area contributed by atoms with E-state index in [1.807, 2.05) is 0 Å². The average molecular weight is 274 g/mol. The number of hydrogen-bond acceptors (Lipinski definition) is 0. The Hall–Kier alpha value is 0. The van der Waals surface area contributed by atoms with Gasteiger partial charge in [-0.2, -0.15) is 0 Å². The molecule has 20 heavy (non-hydrogen) atoms. The lowest BCUT2D eigenvalue weighted by molar-refractivity contribution is -0.111. The van der Waals surface area contributed by atoms with E-state index in [-0.39, 0.29) is 0 Å². The van der Waals surface area contributed by atoms with Crippen molar-refractivity contribution >= 4 is 0 Å². The molecule has 4 aliphatic carbocycles. The molecule has 0 amide bonds. The van der Waals surface area contributed by atoms with Crippen molar-refractivity contribution in [2.75, 3.05) is 0 Å². The summed E-state index contributed by atoms with van der Waals surface area (Å²) in [5.41, 5.74) is 1.45. The smallest absolute Gasteiger partial charge is 0.0264 e. The monoisotopic (exact) mass is 274 g/mol. The molecular weight excluding hydrogens is 240 g/mol. The van der Waals surface area contributed by atoms with Gasteiger partial charge in [0.25, 0.3) is 0 Å². The fraction of sp³-hybridized carbons (Fsp3) is 1.00. The quantitative estimate of drug-likeness (QED) is 0.504. The van der Waals surface area contributed by atoms with E-state index < -0.39 is 0 Å². The molecule has 4 rings (SSSR count). The second kappa shape index (κ2) is 4.50. The molecule has 0 aliphatic heterocycles. The summed E-state index contributed by atoms with van der Waals surface area (Å²) in [6.07, 6.45) is 15.5. The Labute approximate surface area is 126 Å². The van der Waals surface area contributed by atoms with Crippen LogP contribution in [0.1, 0.15) is 85.0 Å². The van der Waals surface area contributed by atoms with E-state index in [1.165, 1.54) is 19.3 Å². The van der Waals surface area contributed by atoms with Gasteiger partial charge in [0.2, 0.25) is 0 Å². The van der Waals surface area contributed by atoms with Crippen molar-refractivity contribution in [2.45, 2.75) is 85.0 Å². The lowest BCUT2D eigenvalue weighted by atomic mass is 9.44. The minimum atomic E-state index is 0.713. The van der Waals surface area contributed by atoms with Crippen molar-refractivity contribution in [3.8, 4) is 0 Å². The average Bonchev–Trinajstić information content (AvgIpc) is 2.79. The summed E-state index contributed by atoms with van der Waals surface area (Å²) >= 11 is 0. The van der Waals surface area contributed by atoms with Crippen molar-refractivity contribution in [3.63, 3.8) is 0 Å². The molecule has 0 nitrogen and oxygen atoms in total. The van der Waals surface area contributed by atoms with Gasteiger partial charge in [-0.25, -0.2) is 0 Å². The molecule has 0 bridgehead atoms. The lowest BCUT2D eigenvalue weighted by Crippen LogP contribution is -2.52. The van der Waals surface area contributed by atoms with Gasteiger partial charge in [0.1, 0.15) is 0 Å². The van der Waals surface area contributed by atoms with Crippen molar-refractivity contribution < 1.29 is 0 Å². The van der Waals surface area contributed by atoms with E-state index in [4.69, 9.17) is 0 Å². The van der Waals surface area contributed by atoms with Crippen LogP contribution < -0.4 is 0 Å². The lowest BCUT2D eigenvalue weighted by Gasteiger charge is -2.60. The second-order valence-corrected chi connectivity index (χ2v) is 9.63. The Morgan fingerprint density at radius 2 is 1.60 bits per heavy atom. The van der Waals surface area contributed by atoms with Crippen molar-refractivity contribution in [1.29, 1.82) is 0 Å². The van der Waals surface area contributed by atoms with Gasteiger partial charge in [-0.1, -0.05) is 33.6 Å². The Morgan fingerprint density at radius 1 is 0.800 bits per heavy atom. The number of hydrogen-bond donors (Lipinski definition) is 0. The summed E-state index contributed by atoms with van der Waals surface area (Å²) in [6, 6.07) is 0. The molecule has 7 atom stereocenters. The molecule has 0 N–H and O–H groups in total. The molecule has 0 heteroatoms. The minimum Gasteiger partial charge on any atom is -0.0625 e. The topological polar surface area (TPSA) is 0 Å². The predicted molar refractivity (Wildman–Crippen MR) is 85.5 cm³/mol. The van der Waals surface area contributed by atoms with Crippen LogP contribution in [0.15, 0.2) is 0 Å². The van der Waals surface area contributed by atoms with E-state index in [2.05, 4.69) is 20.8 Å². The first kappa shape index (κ1) is 13.6. The zero-order valence-electron chi connectivity index (χ0n) is 14.0. The standard InChI is InChI=1S/C20H34/c1-14-6-7-15-8-9-16-17-5-4-11-19(17,2)12-10-18(16)20(15,3)13-14/h14-18H,4-13H2,1-3H3/t14?,15?,16-,17-,18+,19-,20-/m0/s1. The number of fused-ring (bicyclic) bond motifs is 5. The third-order valence-electron chi connectivity index (χ3n) is 8.64. The molecule has 114 valence electrons. The Morgan fingerprint density at radius 3 is 2.45 bits per heavy atom. The molecule has 0 spiro atoms. The van der Waals surface area contributed by atoms with Crippen LogP contribution in [0.4, 0.5) is 0 Å². The van der Waals surface area contributed by atoms with Crippen LogP contribution in [0.5, 0.6) is 0 Å². The van der Waals surface area contributed by atoms with Crippen LogP contribution in [0.2, 0.25) is 0 Å². The summed E-state index contributed by atoms with van der Waals surface area (Å²) < 4.78 is 0. The molecule has 0 heterocycles. The van der Waals surface area contributed by atoms with E-state index in [1.54, 1.807) is 44.9 Å². The van der Waals surface area contributed by atoms with Crippen LogP contribution >= 0.6 is 0 Å². The second-order valence-electron chi connectivity index (χ2n) is 9.63. The molecule has 0 aromatic carbocycles. The molecule has 4 aliphatic rings. The molecular formula is C20H34. The molecule has 4 saturated carbocycles. The van der Waals surface area contributed by atoms with Gasteiger partial charge >= 0.3 is 0 Å². The maximum Gasteiger partial charge on any atom is -0.0264 e. The third-order valence-corrected chi connectivity index (χ3v) is 8.64. The molecule has 0 aromatic rings. The van der Waals surface area contributed by atoms with E-state index in [0.29, 0.717) is 5.41 Å². The largest absolute Gasteiger partial charge is 0.0625 e. The van der Waals surface area contributed by atoms with Crippen molar-refractivity contribution in [2.24, 2.45) is 40.4 Å². The van der Waals surface area contributed by atoms with Gasteiger partial charge in [0, 0.05) is 0 Å². The predicted octanol–water partition coefficient (Wildman–Crippen LogP) is 6.06. The van der Waals surface area contributed by atoms with Gasteiger partial charge in [-0.15, -0.1) is 0 Å². The first-order valence-corrected chi connectivity index (χ1v) is 9.53. The van der Waals surface area contributed by atoms with Crippen LogP contribution in [0, 0.1) is 40.4 Å². The molecule has 0 radical (unpaired) electrons. The maximum absolute atomic E-state index is 2.71. The van der Waals surface area contributed by atoms with Crippen molar-refractivity contribution in [1.82, 2.24) is 0 Å². The minimum absolute atomic E-state index is 0.713. The molecule has 0 aromatic heterocycles. The Kier molecular flexibility index (Phi) is 3.07. The van der Waals surface area contributed by atoms with Gasteiger partial charge in [0.15, 0.2) is 0 Å². The summed E-state index contributed by atoms with van der Waals surface area (Å²) in [7, 11) is 0. The molecule has 4 fully saturated rings. The van der Waals surface area contributed by atoms with Gasteiger partial charge in [-0.3, -0.25) is 0 Å². The Bertz CT molecular complexity index is 385. The highest BCUT2D eigenvalue weighted by Gasteiger charge is 2.57. The number of rotatable bonds is 0. The third kappa shape index (κ3) is 1.78. The van der Waals surface area contributed by atoms with Gasteiger partial charge in [0.05, 0.1) is 0 Å². The summed E-state index contributed by atoms with van der Waals surface area (Å²) in [5.74, 6) is 5.34. The summed E-state index contributed by atoms with van der Waals surface area (Å²) in [5, 5.41) is 0. The maximum atomic E-state index is 2.71. The van der Waals surface area contributed by atoms with Gasteiger partial charge in [-0.05, 0) is 91.8 Å². The van der Waals surface area contributed by atoms with Crippen LogP contribution in [-0.4, -0.2) is 0 Å². The van der Waals surface area contributed by atoms with E-state index in [9.17, 15) is 0 Å². The molecule has 2 unspecified atom stereocenters. The van der Waals surface area contributed by atoms with Crippen molar-refractivity contribution in [3.05, 3.63) is 0 Å². The highest BCUT2D eigenvalue weighted by atomic mass is 14.6. The Balaban J connectivity index is 1.64. The van der Waals surface area contributed by atoms with E-state index in [0.717, 1.165) is 35.0 Å². The fourth-order valence-electron chi connectivity index (χ4n) is 7.66. The first-order chi connectivity index (χ1) is 9.53. The SMILES string of the molecule is CC1CCC2CC[C@@H]3[C@@H](CC[C@]4(C)CCC[C@@H]34)[C@@]2(C)C1. The zero-order valence-corrected chi connectivity index (χ0v) is 14.0. The summed E-state index contributed by atoms with van der Waals surface area (Å²) in [4.78, 5) is 0. The summed E-state index contributed by atoms with van der Waals surface area (Å²) in [6.45, 7) is 7.87. The van der Waals surface area contributed by atoms with Crippen LogP contribution in [-0.2, 0) is 0 Å². The van der Waals surface area contributed by atoms with Gasteiger partial charge < -0.3 is 0 Å². The first-order valence-electron chi connectivity index (χ1n) is 9.53. The molecule has 0 saturated heterocycles. The van der Waals surface area contributed by atoms with Crippen LogP contribution in [0.3, 0.4) is 0 Å².